The van der Waals surface area contributed by atoms with Gasteiger partial charge in [0.25, 0.3) is 5.92 Å². The van der Waals surface area contributed by atoms with Crippen LogP contribution in [-0.2, 0) is 4.74 Å². The zero-order valence-electron chi connectivity index (χ0n) is 10.6. The SMILES string of the molecule is CC(C)(C)OC(=O)N1CC(O)(C(F)(F)CN)C1.Cl. The summed E-state index contributed by atoms with van der Waals surface area (Å²) >= 11 is 0. The van der Waals surface area contributed by atoms with Crippen molar-refractivity contribution in [3.05, 3.63) is 0 Å². The van der Waals surface area contributed by atoms with Crippen molar-refractivity contribution in [2.75, 3.05) is 19.6 Å². The van der Waals surface area contributed by atoms with Gasteiger partial charge in [0.2, 0.25) is 0 Å². The number of β-amino-alcohol motifs (C(OH)–C–C–N with tert-alkyl or cyclic N) is 1. The molecule has 0 bridgehead atoms. The van der Waals surface area contributed by atoms with Gasteiger partial charge in [0, 0.05) is 0 Å². The van der Waals surface area contributed by atoms with Crippen LogP contribution in [-0.4, -0.2) is 52.9 Å². The molecule has 5 nitrogen and oxygen atoms in total. The van der Waals surface area contributed by atoms with Crippen LogP contribution < -0.4 is 5.73 Å². The Kier molecular flexibility index (Phi) is 4.96. The summed E-state index contributed by atoms with van der Waals surface area (Å²) in [6.07, 6.45) is -0.713. The lowest BCUT2D eigenvalue weighted by Gasteiger charge is -2.49. The molecule has 18 heavy (non-hydrogen) atoms. The molecular formula is C10H19ClF2N2O3. The predicted octanol–water partition coefficient (Wildman–Crippen LogP) is 0.984. The van der Waals surface area contributed by atoms with Gasteiger partial charge in [-0.05, 0) is 20.8 Å². The van der Waals surface area contributed by atoms with Crippen molar-refractivity contribution in [2.45, 2.75) is 37.9 Å². The van der Waals surface area contributed by atoms with Gasteiger partial charge in [-0.3, -0.25) is 0 Å². The summed E-state index contributed by atoms with van der Waals surface area (Å²) in [5, 5.41) is 9.58. The maximum atomic E-state index is 13.2. The number of likely N-dealkylation sites (tertiary alicyclic amines) is 1. The van der Waals surface area contributed by atoms with Crippen LogP contribution in [0, 0.1) is 0 Å². The molecule has 1 aliphatic heterocycles. The van der Waals surface area contributed by atoms with E-state index in [4.69, 9.17) is 10.5 Å². The normalized spacial score (nSPS) is 18.7. The van der Waals surface area contributed by atoms with Gasteiger partial charge in [0.15, 0.2) is 5.60 Å². The molecule has 1 fully saturated rings. The number of rotatable bonds is 2. The lowest BCUT2D eigenvalue weighted by molar-refractivity contribution is -0.229. The molecule has 8 heteroatoms. The van der Waals surface area contributed by atoms with Gasteiger partial charge in [-0.25, -0.2) is 13.6 Å². The second-order valence-corrected chi connectivity index (χ2v) is 5.28. The van der Waals surface area contributed by atoms with Crippen molar-refractivity contribution in [1.82, 2.24) is 4.90 Å². The number of alkyl halides is 2. The summed E-state index contributed by atoms with van der Waals surface area (Å²) in [5.74, 6) is -3.40. The zero-order valence-corrected chi connectivity index (χ0v) is 11.4. The Hall–Kier alpha value is -0.660. The minimum atomic E-state index is -3.40. The summed E-state index contributed by atoms with van der Waals surface area (Å²) in [6, 6.07) is 0. The Morgan fingerprint density at radius 3 is 2.22 bits per heavy atom. The number of carbonyl (C=O) groups excluding carboxylic acids is 1. The van der Waals surface area contributed by atoms with Crippen molar-refractivity contribution in [2.24, 2.45) is 5.73 Å². The second-order valence-electron chi connectivity index (χ2n) is 5.28. The average Bonchev–Trinajstić information content (AvgIpc) is 2.09. The average molecular weight is 289 g/mol. The second kappa shape index (κ2) is 5.14. The number of nitrogens with zero attached hydrogens (tertiary/aromatic N) is 1. The topological polar surface area (TPSA) is 75.8 Å². The number of carbonyl (C=O) groups is 1. The molecule has 0 saturated carbocycles. The number of nitrogens with two attached hydrogens (primary N) is 1. The predicted molar refractivity (Wildman–Crippen MR) is 64.0 cm³/mol. The number of amides is 1. The highest BCUT2D eigenvalue weighted by molar-refractivity contribution is 5.85. The summed E-state index contributed by atoms with van der Waals surface area (Å²) in [6.45, 7) is 3.13. The number of ether oxygens (including phenoxy) is 1. The van der Waals surface area contributed by atoms with E-state index >= 15 is 0 Å². The molecule has 1 amide bonds. The van der Waals surface area contributed by atoms with Crippen LogP contribution in [0.15, 0.2) is 0 Å². The molecule has 0 aromatic carbocycles. The van der Waals surface area contributed by atoms with Gasteiger partial charge < -0.3 is 20.5 Å². The third kappa shape index (κ3) is 3.43. The van der Waals surface area contributed by atoms with E-state index in [9.17, 15) is 18.7 Å². The molecular weight excluding hydrogens is 270 g/mol. The molecule has 1 heterocycles. The summed E-state index contributed by atoms with van der Waals surface area (Å²) < 4.78 is 31.4. The van der Waals surface area contributed by atoms with E-state index in [-0.39, 0.29) is 12.4 Å². The van der Waals surface area contributed by atoms with Crippen LogP contribution in [0.4, 0.5) is 13.6 Å². The quantitative estimate of drug-likeness (QED) is 0.794. The van der Waals surface area contributed by atoms with Crippen LogP contribution in [0.3, 0.4) is 0 Å². The highest BCUT2D eigenvalue weighted by Crippen LogP contribution is 2.36. The van der Waals surface area contributed by atoms with E-state index in [1.807, 2.05) is 0 Å². The molecule has 0 aromatic rings. The van der Waals surface area contributed by atoms with Crippen LogP contribution in [0.1, 0.15) is 20.8 Å². The molecule has 108 valence electrons. The number of hydrogen-bond acceptors (Lipinski definition) is 4. The molecule has 0 atom stereocenters. The molecule has 0 radical (unpaired) electrons. The minimum Gasteiger partial charge on any atom is -0.444 e. The van der Waals surface area contributed by atoms with E-state index in [1.54, 1.807) is 20.8 Å². The van der Waals surface area contributed by atoms with Gasteiger partial charge in [0.1, 0.15) is 5.60 Å². The van der Waals surface area contributed by atoms with Gasteiger partial charge >= 0.3 is 6.09 Å². The smallest absolute Gasteiger partial charge is 0.410 e. The molecule has 0 spiro atoms. The Morgan fingerprint density at radius 1 is 1.44 bits per heavy atom. The Bertz CT molecular complexity index is 315. The van der Waals surface area contributed by atoms with Crippen LogP contribution in [0.2, 0.25) is 0 Å². The van der Waals surface area contributed by atoms with Crippen molar-refractivity contribution in [3.63, 3.8) is 0 Å². The van der Waals surface area contributed by atoms with Gasteiger partial charge in [-0.1, -0.05) is 0 Å². The van der Waals surface area contributed by atoms with E-state index in [0.29, 0.717) is 0 Å². The Balaban J connectivity index is 0.00000289. The fourth-order valence-electron chi connectivity index (χ4n) is 1.46. The molecule has 1 aliphatic rings. The maximum absolute atomic E-state index is 13.2. The van der Waals surface area contributed by atoms with Gasteiger partial charge in [-0.2, -0.15) is 0 Å². The van der Waals surface area contributed by atoms with Crippen LogP contribution in [0.5, 0.6) is 0 Å². The van der Waals surface area contributed by atoms with Crippen molar-refractivity contribution in [1.29, 1.82) is 0 Å². The summed E-state index contributed by atoms with van der Waals surface area (Å²) in [7, 11) is 0. The van der Waals surface area contributed by atoms with E-state index in [2.05, 4.69) is 0 Å². The Labute approximate surface area is 111 Å². The molecule has 1 rings (SSSR count). The number of halogens is 3. The standard InChI is InChI=1S/C10H18F2N2O3.ClH/c1-8(2,3)17-7(15)14-5-9(16,6-14)10(11,12)4-13;/h16H,4-6,13H2,1-3H3;1H. The first-order chi connectivity index (χ1) is 7.51. The molecule has 0 unspecified atom stereocenters. The highest BCUT2D eigenvalue weighted by atomic mass is 35.5. The van der Waals surface area contributed by atoms with Crippen molar-refractivity contribution < 1.29 is 23.4 Å². The van der Waals surface area contributed by atoms with E-state index in [1.165, 1.54) is 0 Å². The van der Waals surface area contributed by atoms with E-state index < -0.39 is 42.9 Å². The Morgan fingerprint density at radius 2 is 1.89 bits per heavy atom. The first-order valence-corrected chi connectivity index (χ1v) is 5.29. The third-order valence-electron chi connectivity index (χ3n) is 2.49. The van der Waals surface area contributed by atoms with Crippen molar-refractivity contribution in [3.8, 4) is 0 Å². The van der Waals surface area contributed by atoms with Gasteiger partial charge in [-0.15, -0.1) is 12.4 Å². The molecule has 0 aliphatic carbocycles. The zero-order chi connectivity index (χ0) is 13.5. The fraction of sp³-hybridized carbons (Fsp3) is 0.900. The monoisotopic (exact) mass is 288 g/mol. The van der Waals surface area contributed by atoms with Gasteiger partial charge in [0.05, 0.1) is 19.6 Å². The minimum absolute atomic E-state index is 0. The first kappa shape index (κ1) is 17.3. The summed E-state index contributed by atoms with van der Waals surface area (Å²) in [4.78, 5) is 12.5. The first-order valence-electron chi connectivity index (χ1n) is 5.29. The summed E-state index contributed by atoms with van der Waals surface area (Å²) in [5.41, 5.74) is 1.95. The highest BCUT2D eigenvalue weighted by Gasteiger charge is 2.60. The largest absolute Gasteiger partial charge is 0.444 e. The van der Waals surface area contributed by atoms with Crippen molar-refractivity contribution >= 4 is 18.5 Å². The number of hydrogen-bond donors (Lipinski definition) is 2. The fourth-order valence-corrected chi connectivity index (χ4v) is 1.46. The number of aliphatic hydroxyl groups is 1. The maximum Gasteiger partial charge on any atom is 0.410 e. The molecule has 3 N–H and O–H groups in total. The molecule has 0 aromatic heterocycles. The lowest BCUT2D eigenvalue weighted by Crippen LogP contribution is -2.73. The third-order valence-corrected chi connectivity index (χ3v) is 2.49. The van der Waals surface area contributed by atoms with E-state index in [0.717, 1.165) is 4.90 Å². The van der Waals surface area contributed by atoms with Crippen LogP contribution in [0.25, 0.3) is 0 Å². The lowest BCUT2D eigenvalue weighted by atomic mass is 9.87. The molecule has 1 saturated heterocycles. The van der Waals surface area contributed by atoms with Crippen LogP contribution >= 0.6 is 12.4 Å².